The first kappa shape index (κ1) is 25.0. The molecule has 0 bridgehead atoms. The number of aromatic amines is 2. The molecular formula is C30H32N8. The summed E-state index contributed by atoms with van der Waals surface area (Å²) in [5, 5.41) is 13.1. The van der Waals surface area contributed by atoms with Crippen molar-refractivity contribution in [3.8, 4) is 17.1 Å². The average molecular weight is 505 g/mol. The lowest BCUT2D eigenvalue weighted by Crippen LogP contribution is -2.22. The van der Waals surface area contributed by atoms with E-state index in [0.717, 1.165) is 67.4 Å². The van der Waals surface area contributed by atoms with E-state index in [9.17, 15) is 0 Å². The number of aryl methyl sites for hydroxylation is 1. The van der Waals surface area contributed by atoms with E-state index in [2.05, 4.69) is 76.5 Å². The molecule has 5 heterocycles. The molecule has 3 N–H and O–H groups in total. The van der Waals surface area contributed by atoms with Gasteiger partial charge in [0.05, 0.1) is 40.8 Å². The first-order valence-electron chi connectivity index (χ1n) is 12.5. The molecule has 8 heteroatoms. The molecule has 5 rings (SSSR count). The van der Waals surface area contributed by atoms with Crippen LogP contribution < -0.4 is 5.32 Å². The molecule has 0 amide bonds. The summed E-state index contributed by atoms with van der Waals surface area (Å²) in [5.41, 5.74) is 8.74. The molecule has 5 aromatic rings. The lowest BCUT2D eigenvalue weighted by Gasteiger charge is -2.23. The molecule has 0 fully saturated rings. The number of imidazole rings is 1. The smallest absolute Gasteiger partial charge is 0.139 e. The largest absolute Gasteiger partial charge is 0.359 e. The van der Waals surface area contributed by atoms with Gasteiger partial charge in [0.25, 0.3) is 0 Å². The standard InChI is InChI=1S/C30H32N8/c1-8-20(12-21(9-2)34-19(4)30(5,6)7)24-13-22-26(15-32-24)36-37-28(22)25-14-23-27(10-11-31-29(23)35-25)38-16-18(3)33-17-38/h8-17,34H,2,4H2,1,3,5-7H3,(H,31,35)(H,36,37)/b20-8+,21-12+. The van der Waals surface area contributed by atoms with E-state index in [4.69, 9.17) is 4.98 Å². The minimum Gasteiger partial charge on any atom is -0.359 e. The monoisotopic (exact) mass is 504 g/mol. The molecule has 0 spiro atoms. The van der Waals surface area contributed by atoms with Gasteiger partial charge >= 0.3 is 0 Å². The number of hydrogen-bond donors (Lipinski definition) is 3. The van der Waals surface area contributed by atoms with E-state index in [1.807, 2.05) is 55.4 Å². The van der Waals surface area contributed by atoms with Gasteiger partial charge in [-0.1, -0.05) is 40.0 Å². The van der Waals surface area contributed by atoms with Gasteiger partial charge in [0, 0.05) is 40.0 Å². The van der Waals surface area contributed by atoms with E-state index in [-0.39, 0.29) is 5.41 Å². The molecule has 0 atom stereocenters. The van der Waals surface area contributed by atoms with Crippen LogP contribution in [0.4, 0.5) is 0 Å². The second-order valence-electron chi connectivity index (χ2n) is 10.3. The van der Waals surface area contributed by atoms with Crippen molar-refractivity contribution in [2.24, 2.45) is 5.41 Å². The van der Waals surface area contributed by atoms with Crippen LogP contribution in [0.2, 0.25) is 0 Å². The highest BCUT2D eigenvalue weighted by Gasteiger charge is 2.17. The van der Waals surface area contributed by atoms with Crippen molar-refractivity contribution in [2.45, 2.75) is 34.6 Å². The zero-order chi connectivity index (χ0) is 27.0. The highest BCUT2D eigenvalue weighted by molar-refractivity contribution is 5.97. The number of H-pyrrole nitrogens is 2. The Bertz CT molecular complexity index is 1730. The van der Waals surface area contributed by atoms with Crippen molar-refractivity contribution in [1.82, 2.24) is 40.0 Å². The van der Waals surface area contributed by atoms with Crippen LogP contribution in [0.15, 0.2) is 85.9 Å². The topological polar surface area (TPSA) is 100 Å². The maximum Gasteiger partial charge on any atom is 0.139 e. The Kier molecular flexibility index (Phi) is 6.32. The highest BCUT2D eigenvalue weighted by Crippen LogP contribution is 2.32. The summed E-state index contributed by atoms with van der Waals surface area (Å²) in [4.78, 5) is 17.1. The average Bonchev–Trinajstić information content (AvgIpc) is 3.62. The van der Waals surface area contributed by atoms with Crippen LogP contribution in [0.25, 0.3) is 44.6 Å². The molecule has 0 saturated carbocycles. The van der Waals surface area contributed by atoms with Crippen LogP contribution in [0.3, 0.4) is 0 Å². The summed E-state index contributed by atoms with van der Waals surface area (Å²) >= 11 is 0. The molecule has 0 unspecified atom stereocenters. The van der Waals surface area contributed by atoms with Crippen LogP contribution in [0, 0.1) is 12.3 Å². The van der Waals surface area contributed by atoms with Gasteiger partial charge in [-0.25, -0.2) is 9.97 Å². The van der Waals surface area contributed by atoms with Crippen molar-refractivity contribution >= 4 is 27.5 Å². The summed E-state index contributed by atoms with van der Waals surface area (Å²) in [6.45, 7) is 18.5. The number of pyridine rings is 2. The Hall–Kier alpha value is -4.72. The molecule has 5 aromatic heterocycles. The van der Waals surface area contributed by atoms with Gasteiger partial charge in [-0.2, -0.15) is 5.10 Å². The van der Waals surface area contributed by atoms with Crippen LogP contribution in [0.5, 0.6) is 0 Å². The molecule has 0 aromatic carbocycles. The van der Waals surface area contributed by atoms with E-state index in [1.165, 1.54) is 0 Å². The third kappa shape index (κ3) is 4.68. The Morgan fingerprint density at radius 1 is 1.13 bits per heavy atom. The van der Waals surface area contributed by atoms with Crippen LogP contribution in [0.1, 0.15) is 39.1 Å². The predicted octanol–water partition coefficient (Wildman–Crippen LogP) is 6.62. The number of hydrogen-bond acceptors (Lipinski definition) is 5. The Balaban J connectivity index is 1.55. The molecule has 0 aliphatic rings. The Morgan fingerprint density at radius 3 is 2.63 bits per heavy atom. The number of nitrogens with zero attached hydrogens (tertiary/aromatic N) is 5. The Labute approximate surface area is 221 Å². The summed E-state index contributed by atoms with van der Waals surface area (Å²) in [6.07, 6.45) is 13.3. The summed E-state index contributed by atoms with van der Waals surface area (Å²) < 4.78 is 2.01. The Morgan fingerprint density at radius 2 is 1.95 bits per heavy atom. The summed E-state index contributed by atoms with van der Waals surface area (Å²) in [6, 6.07) is 6.12. The highest BCUT2D eigenvalue weighted by atomic mass is 15.1. The van der Waals surface area contributed by atoms with E-state index in [0.29, 0.717) is 0 Å². The maximum atomic E-state index is 4.70. The number of nitrogens with one attached hydrogen (secondary N) is 3. The molecule has 0 saturated heterocycles. The van der Waals surface area contributed by atoms with Crippen molar-refractivity contribution in [3.05, 3.63) is 97.3 Å². The predicted molar refractivity (Wildman–Crippen MR) is 154 cm³/mol. The maximum absolute atomic E-state index is 4.70. The zero-order valence-electron chi connectivity index (χ0n) is 22.4. The van der Waals surface area contributed by atoms with Gasteiger partial charge in [-0.15, -0.1) is 0 Å². The fraction of sp³-hybridized carbons (Fsp3) is 0.200. The summed E-state index contributed by atoms with van der Waals surface area (Å²) in [5.74, 6) is 0. The van der Waals surface area contributed by atoms with Crippen molar-refractivity contribution in [3.63, 3.8) is 0 Å². The molecular weight excluding hydrogens is 472 g/mol. The fourth-order valence-corrected chi connectivity index (χ4v) is 4.18. The minimum atomic E-state index is -0.0773. The second kappa shape index (κ2) is 9.63. The number of rotatable bonds is 7. The van der Waals surface area contributed by atoms with Gasteiger partial charge in [-0.05, 0) is 49.8 Å². The van der Waals surface area contributed by atoms with E-state index < -0.39 is 0 Å². The number of aromatic nitrogens is 7. The van der Waals surface area contributed by atoms with Crippen molar-refractivity contribution in [2.75, 3.05) is 0 Å². The normalized spacial score (nSPS) is 12.9. The molecule has 0 radical (unpaired) electrons. The van der Waals surface area contributed by atoms with Crippen molar-refractivity contribution in [1.29, 1.82) is 0 Å². The zero-order valence-corrected chi connectivity index (χ0v) is 22.4. The summed E-state index contributed by atoms with van der Waals surface area (Å²) in [7, 11) is 0. The number of allylic oxidation sites excluding steroid dienone is 5. The van der Waals surface area contributed by atoms with Crippen molar-refractivity contribution < 1.29 is 0 Å². The SMILES string of the molecule is C=C/C(=C\C(=C/C)c1cc2c(-c3cc4c(-n5cnc(C)c5)ccnc4[nH]3)n[nH]c2cn1)NC(=C)C(C)(C)C. The molecule has 8 nitrogen and oxygen atoms in total. The first-order valence-corrected chi connectivity index (χ1v) is 12.5. The molecule has 192 valence electrons. The quantitative estimate of drug-likeness (QED) is 0.216. The lowest BCUT2D eigenvalue weighted by atomic mass is 9.92. The molecule has 38 heavy (non-hydrogen) atoms. The van der Waals surface area contributed by atoms with E-state index in [1.54, 1.807) is 12.3 Å². The van der Waals surface area contributed by atoms with Gasteiger partial charge in [0.1, 0.15) is 11.3 Å². The fourth-order valence-electron chi connectivity index (χ4n) is 4.18. The lowest BCUT2D eigenvalue weighted by molar-refractivity contribution is 0.478. The first-order chi connectivity index (χ1) is 18.2. The van der Waals surface area contributed by atoms with Gasteiger partial charge in [0.15, 0.2) is 0 Å². The van der Waals surface area contributed by atoms with Gasteiger partial charge in [-0.3, -0.25) is 10.1 Å². The second-order valence-corrected chi connectivity index (χ2v) is 10.3. The van der Waals surface area contributed by atoms with E-state index >= 15 is 0 Å². The number of fused-ring (bicyclic) bond motifs is 2. The van der Waals surface area contributed by atoms with Crippen LogP contribution in [-0.2, 0) is 0 Å². The van der Waals surface area contributed by atoms with Gasteiger partial charge < -0.3 is 14.9 Å². The van der Waals surface area contributed by atoms with Gasteiger partial charge in [0.2, 0.25) is 0 Å². The molecule has 0 aliphatic carbocycles. The third-order valence-corrected chi connectivity index (χ3v) is 6.54. The molecule has 0 aliphatic heterocycles. The van der Waals surface area contributed by atoms with Crippen LogP contribution >= 0.6 is 0 Å². The van der Waals surface area contributed by atoms with Crippen LogP contribution in [-0.4, -0.2) is 34.7 Å². The third-order valence-electron chi connectivity index (χ3n) is 6.54. The minimum absolute atomic E-state index is 0.0773.